The summed E-state index contributed by atoms with van der Waals surface area (Å²) in [7, 11) is 0. The van der Waals surface area contributed by atoms with Gasteiger partial charge in [0.2, 0.25) is 0 Å². The second-order valence-corrected chi connectivity index (χ2v) is 7.46. The molecular formula is C16H27N3O2S. The smallest absolute Gasteiger partial charge is 0.315 e. The summed E-state index contributed by atoms with van der Waals surface area (Å²) in [6, 6.07) is -0.200. The maximum atomic E-state index is 12.1. The minimum absolute atomic E-state index is 0.0175. The Labute approximate surface area is 136 Å². The van der Waals surface area contributed by atoms with Gasteiger partial charge in [-0.2, -0.15) is 0 Å². The first kappa shape index (κ1) is 17.2. The van der Waals surface area contributed by atoms with Gasteiger partial charge in [-0.1, -0.05) is 19.3 Å². The van der Waals surface area contributed by atoms with E-state index in [1.807, 2.05) is 19.2 Å². The number of carbonyl (C=O) groups excluding carboxylic acids is 1. The molecule has 0 unspecified atom stereocenters. The van der Waals surface area contributed by atoms with Gasteiger partial charge >= 0.3 is 6.03 Å². The van der Waals surface area contributed by atoms with Crippen LogP contribution in [0.4, 0.5) is 4.79 Å². The number of aromatic nitrogens is 1. The van der Waals surface area contributed by atoms with Crippen molar-refractivity contribution < 1.29 is 9.90 Å². The molecule has 22 heavy (non-hydrogen) atoms. The lowest BCUT2D eigenvalue weighted by atomic mass is 9.76. The van der Waals surface area contributed by atoms with Crippen LogP contribution in [0.2, 0.25) is 0 Å². The van der Waals surface area contributed by atoms with Crippen molar-refractivity contribution in [1.82, 2.24) is 15.6 Å². The highest BCUT2D eigenvalue weighted by Gasteiger charge is 2.35. The lowest BCUT2D eigenvalue weighted by Crippen LogP contribution is -2.57. The summed E-state index contributed by atoms with van der Waals surface area (Å²) in [6.45, 7) is 4.47. The van der Waals surface area contributed by atoms with E-state index in [1.165, 1.54) is 19.3 Å². The van der Waals surface area contributed by atoms with Crippen LogP contribution < -0.4 is 10.6 Å². The molecule has 1 saturated carbocycles. The first-order valence-corrected chi connectivity index (χ1v) is 8.99. The molecule has 124 valence electrons. The van der Waals surface area contributed by atoms with Crippen LogP contribution in [0.3, 0.4) is 0 Å². The van der Waals surface area contributed by atoms with Crippen molar-refractivity contribution >= 4 is 17.4 Å². The van der Waals surface area contributed by atoms with E-state index < -0.39 is 5.54 Å². The normalized spacial score (nSPS) is 18.7. The highest BCUT2D eigenvalue weighted by Crippen LogP contribution is 2.32. The number of rotatable bonds is 6. The fraction of sp³-hybridized carbons (Fsp3) is 0.750. The predicted octanol–water partition coefficient (Wildman–Crippen LogP) is 2.62. The number of nitrogens with one attached hydrogen (secondary N) is 2. The third kappa shape index (κ3) is 4.68. The SMILES string of the molecule is Cc1nc(CCNC(=O)N[C@@](C)(CO)C2CCCCC2)cs1. The zero-order valence-corrected chi connectivity index (χ0v) is 14.3. The van der Waals surface area contributed by atoms with Gasteiger partial charge in [-0.05, 0) is 32.6 Å². The molecule has 0 bridgehead atoms. The first-order valence-electron chi connectivity index (χ1n) is 8.11. The predicted molar refractivity (Wildman–Crippen MR) is 89.2 cm³/mol. The Morgan fingerprint density at radius 3 is 2.77 bits per heavy atom. The standard InChI is InChI=1S/C16H27N3O2S/c1-12-18-14(10-22-12)8-9-17-15(21)19-16(2,11-20)13-6-4-3-5-7-13/h10,13,20H,3-9,11H2,1-2H3,(H2,17,19,21)/t16-/m0/s1. The number of amides is 2. The number of aliphatic hydroxyl groups excluding tert-OH is 1. The van der Waals surface area contributed by atoms with Crippen LogP contribution in [0.25, 0.3) is 0 Å². The van der Waals surface area contributed by atoms with Gasteiger partial charge in [0.25, 0.3) is 0 Å². The highest BCUT2D eigenvalue weighted by atomic mass is 32.1. The number of carbonyl (C=O) groups is 1. The van der Waals surface area contributed by atoms with Gasteiger partial charge in [0.05, 0.1) is 22.8 Å². The number of thiazole rings is 1. The number of urea groups is 1. The van der Waals surface area contributed by atoms with E-state index in [1.54, 1.807) is 11.3 Å². The van der Waals surface area contributed by atoms with Crippen LogP contribution in [0.5, 0.6) is 0 Å². The lowest BCUT2D eigenvalue weighted by Gasteiger charge is -2.39. The molecule has 1 fully saturated rings. The first-order chi connectivity index (χ1) is 10.5. The summed E-state index contributed by atoms with van der Waals surface area (Å²) < 4.78 is 0. The topological polar surface area (TPSA) is 74.2 Å². The molecule has 5 nitrogen and oxygen atoms in total. The van der Waals surface area contributed by atoms with Gasteiger partial charge < -0.3 is 15.7 Å². The van der Waals surface area contributed by atoms with Crippen LogP contribution in [0.15, 0.2) is 5.38 Å². The molecule has 1 aromatic heterocycles. The summed E-state index contributed by atoms with van der Waals surface area (Å²) in [4.78, 5) is 16.5. The number of hydrogen-bond acceptors (Lipinski definition) is 4. The van der Waals surface area contributed by atoms with E-state index in [2.05, 4.69) is 15.6 Å². The molecule has 1 aromatic rings. The zero-order chi connectivity index (χ0) is 16.0. The summed E-state index contributed by atoms with van der Waals surface area (Å²) in [5.74, 6) is 0.359. The number of hydrogen-bond donors (Lipinski definition) is 3. The third-order valence-electron chi connectivity index (χ3n) is 4.57. The highest BCUT2D eigenvalue weighted by molar-refractivity contribution is 7.09. The van der Waals surface area contributed by atoms with Crippen molar-refractivity contribution in [3.8, 4) is 0 Å². The molecule has 0 radical (unpaired) electrons. The Morgan fingerprint density at radius 2 is 2.18 bits per heavy atom. The monoisotopic (exact) mass is 325 g/mol. The van der Waals surface area contributed by atoms with Crippen LogP contribution in [0, 0.1) is 12.8 Å². The molecule has 2 rings (SSSR count). The average Bonchev–Trinajstić information content (AvgIpc) is 2.93. The molecule has 3 N–H and O–H groups in total. The second kappa shape index (κ2) is 7.92. The molecule has 2 amide bonds. The minimum Gasteiger partial charge on any atom is -0.394 e. The molecule has 1 heterocycles. The molecule has 1 atom stereocenters. The fourth-order valence-electron chi connectivity index (χ4n) is 3.14. The Hall–Kier alpha value is -1.14. The largest absolute Gasteiger partial charge is 0.394 e. The van der Waals surface area contributed by atoms with Crippen LogP contribution in [0.1, 0.15) is 49.7 Å². The molecule has 0 saturated heterocycles. The van der Waals surface area contributed by atoms with Crippen molar-refractivity contribution in [2.24, 2.45) is 5.92 Å². The van der Waals surface area contributed by atoms with Crippen molar-refractivity contribution in [2.75, 3.05) is 13.2 Å². The summed E-state index contributed by atoms with van der Waals surface area (Å²) in [5.41, 5.74) is 0.488. The number of aliphatic hydroxyl groups is 1. The lowest BCUT2D eigenvalue weighted by molar-refractivity contribution is 0.101. The van der Waals surface area contributed by atoms with E-state index in [9.17, 15) is 9.90 Å². The molecule has 0 spiro atoms. The maximum Gasteiger partial charge on any atom is 0.315 e. The van der Waals surface area contributed by atoms with Crippen LogP contribution in [-0.4, -0.2) is 34.8 Å². The number of nitrogens with zero attached hydrogens (tertiary/aromatic N) is 1. The molecule has 0 aliphatic heterocycles. The van der Waals surface area contributed by atoms with Gasteiger partial charge in [-0.25, -0.2) is 9.78 Å². The van der Waals surface area contributed by atoms with E-state index in [0.717, 1.165) is 30.0 Å². The molecular weight excluding hydrogens is 298 g/mol. The van der Waals surface area contributed by atoms with Crippen LogP contribution >= 0.6 is 11.3 Å². The molecule has 0 aromatic carbocycles. The van der Waals surface area contributed by atoms with E-state index in [0.29, 0.717) is 12.5 Å². The van der Waals surface area contributed by atoms with E-state index in [-0.39, 0.29) is 12.6 Å². The van der Waals surface area contributed by atoms with Crippen molar-refractivity contribution in [2.45, 2.75) is 57.9 Å². The number of aryl methyl sites for hydroxylation is 1. The van der Waals surface area contributed by atoms with Crippen molar-refractivity contribution in [3.63, 3.8) is 0 Å². The van der Waals surface area contributed by atoms with E-state index >= 15 is 0 Å². The third-order valence-corrected chi connectivity index (χ3v) is 5.39. The Bertz CT molecular complexity index is 485. The van der Waals surface area contributed by atoms with Gasteiger partial charge in [0, 0.05) is 18.3 Å². The van der Waals surface area contributed by atoms with Crippen molar-refractivity contribution in [3.05, 3.63) is 16.1 Å². The fourth-order valence-corrected chi connectivity index (χ4v) is 3.79. The van der Waals surface area contributed by atoms with Crippen molar-refractivity contribution in [1.29, 1.82) is 0 Å². The minimum atomic E-state index is -0.526. The Balaban J connectivity index is 1.78. The Morgan fingerprint density at radius 1 is 1.45 bits per heavy atom. The summed E-state index contributed by atoms with van der Waals surface area (Å²) in [5, 5.41) is 18.7. The van der Waals surface area contributed by atoms with Gasteiger partial charge in [0.15, 0.2) is 0 Å². The van der Waals surface area contributed by atoms with Crippen LogP contribution in [-0.2, 0) is 6.42 Å². The zero-order valence-electron chi connectivity index (χ0n) is 13.5. The molecule has 1 aliphatic carbocycles. The van der Waals surface area contributed by atoms with Gasteiger partial charge in [-0.15, -0.1) is 11.3 Å². The molecule has 6 heteroatoms. The quantitative estimate of drug-likeness (QED) is 0.753. The molecule has 1 aliphatic rings. The maximum absolute atomic E-state index is 12.1. The Kier molecular flexibility index (Phi) is 6.20. The summed E-state index contributed by atoms with van der Waals surface area (Å²) in [6.07, 6.45) is 6.53. The average molecular weight is 325 g/mol. The second-order valence-electron chi connectivity index (χ2n) is 6.40. The van der Waals surface area contributed by atoms with Gasteiger partial charge in [0.1, 0.15) is 0 Å². The van der Waals surface area contributed by atoms with E-state index in [4.69, 9.17) is 0 Å². The summed E-state index contributed by atoms with van der Waals surface area (Å²) >= 11 is 1.62. The van der Waals surface area contributed by atoms with Gasteiger partial charge in [-0.3, -0.25) is 0 Å².